The molecule has 4 heteroatoms. The van der Waals surface area contributed by atoms with Crippen molar-refractivity contribution in [3.8, 4) is 0 Å². The molecule has 3 rings (SSSR count). The van der Waals surface area contributed by atoms with Crippen LogP contribution < -0.4 is 10.7 Å². The van der Waals surface area contributed by atoms with Gasteiger partial charge >= 0.3 is 0 Å². The summed E-state index contributed by atoms with van der Waals surface area (Å²) >= 11 is 5.94. The molecule has 0 aliphatic carbocycles. The summed E-state index contributed by atoms with van der Waals surface area (Å²) in [6.45, 7) is 3.06. The highest BCUT2D eigenvalue weighted by Crippen LogP contribution is 2.16. The quantitative estimate of drug-likeness (QED) is 0.758. The molecule has 0 fully saturated rings. The van der Waals surface area contributed by atoms with Crippen LogP contribution in [0.25, 0.3) is 0 Å². The van der Waals surface area contributed by atoms with Gasteiger partial charge in [-0.05, 0) is 37.3 Å². The topological polar surface area (TPSA) is 28.0 Å². The lowest BCUT2D eigenvalue weighted by Crippen LogP contribution is -2.20. The third-order valence-corrected chi connectivity index (χ3v) is 3.14. The first-order valence-corrected chi connectivity index (χ1v) is 6.23. The number of allylic oxidation sites excluding steroid dienone is 3. The van der Waals surface area contributed by atoms with Crippen LogP contribution in [0, 0.1) is 0 Å². The van der Waals surface area contributed by atoms with Crippen LogP contribution in [0.2, 0.25) is 5.02 Å². The third-order valence-electron chi connectivity index (χ3n) is 2.90. The summed E-state index contributed by atoms with van der Waals surface area (Å²) < 4.78 is 0. The van der Waals surface area contributed by atoms with E-state index in [0.29, 0.717) is 5.02 Å². The number of halogens is 1. The van der Waals surface area contributed by atoms with Gasteiger partial charge in [0.2, 0.25) is 0 Å². The molecule has 18 heavy (non-hydrogen) atoms. The molecule has 1 aromatic carbocycles. The molecule has 0 spiro atoms. The van der Waals surface area contributed by atoms with E-state index in [9.17, 15) is 0 Å². The van der Waals surface area contributed by atoms with Gasteiger partial charge in [-0.1, -0.05) is 11.6 Å². The van der Waals surface area contributed by atoms with Crippen molar-refractivity contribution in [3.05, 3.63) is 69.9 Å². The van der Waals surface area contributed by atoms with E-state index in [4.69, 9.17) is 11.6 Å². The van der Waals surface area contributed by atoms with Crippen LogP contribution in [-0.2, 0) is 0 Å². The Hall–Kier alpha value is -1.87. The number of nitrogens with zero attached hydrogens (tertiary/aromatic N) is 3. The van der Waals surface area contributed by atoms with E-state index in [-0.39, 0.29) is 0 Å². The van der Waals surface area contributed by atoms with Crippen LogP contribution in [-0.4, -0.2) is 11.4 Å². The van der Waals surface area contributed by atoms with Gasteiger partial charge in [0.25, 0.3) is 0 Å². The van der Waals surface area contributed by atoms with Gasteiger partial charge in [-0.25, -0.2) is 9.98 Å². The van der Waals surface area contributed by atoms with E-state index in [2.05, 4.69) is 21.8 Å². The molecular formula is C14H12ClN3. The summed E-state index contributed by atoms with van der Waals surface area (Å²) in [4.78, 5) is 11.1. The van der Waals surface area contributed by atoms with Crippen molar-refractivity contribution in [2.75, 3.05) is 6.54 Å². The smallest absolute Gasteiger partial charge is 0.160 e. The molecule has 1 aromatic rings. The minimum absolute atomic E-state index is 0.686. The summed E-state index contributed by atoms with van der Waals surface area (Å²) in [5, 5.41) is 2.40. The molecule has 0 unspecified atom stereocenters. The van der Waals surface area contributed by atoms with E-state index >= 15 is 0 Å². The van der Waals surface area contributed by atoms with Gasteiger partial charge in [-0.15, -0.1) is 0 Å². The van der Waals surface area contributed by atoms with Crippen LogP contribution in [0.3, 0.4) is 0 Å². The van der Waals surface area contributed by atoms with Gasteiger partial charge in [0.15, 0.2) is 5.82 Å². The van der Waals surface area contributed by atoms with Gasteiger partial charge in [-0.2, -0.15) is 0 Å². The van der Waals surface area contributed by atoms with Crippen molar-refractivity contribution in [2.45, 2.75) is 6.92 Å². The minimum atomic E-state index is 0.686. The summed E-state index contributed by atoms with van der Waals surface area (Å²) in [5.41, 5.74) is 1.02. The van der Waals surface area contributed by atoms with Gasteiger partial charge in [0.1, 0.15) is 0 Å². The van der Waals surface area contributed by atoms with Gasteiger partial charge in [0, 0.05) is 29.5 Å². The molecule has 0 bridgehead atoms. The van der Waals surface area contributed by atoms with Gasteiger partial charge in [0.05, 0.1) is 10.7 Å². The highest BCUT2D eigenvalue weighted by Gasteiger charge is 2.08. The Bertz CT molecular complexity index is 682. The van der Waals surface area contributed by atoms with Crippen molar-refractivity contribution < 1.29 is 0 Å². The van der Waals surface area contributed by atoms with E-state index in [1.54, 1.807) is 0 Å². The zero-order valence-corrected chi connectivity index (χ0v) is 10.7. The number of rotatable bonds is 1. The number of hydrogen-bond acceptors (Lipinski definition) is 3. The molecule has 2 aliphatic rings. The average Bonchev–Trinajstić information content (AvgIpc) is 2.81. The molecule has 2 heterocycles. The first-order chi connectivity index (χ1) is 8.76. The second-order valence-electron chi connectivity index (χ2n) is 4.10. The molecule has 90 valence electrons. The predicted molar refractivity (Wildman–Crippen MR) is 71.5 cm³/mol. The van der Waals surface area contributed by atoms with Crippen molar-refractivity contribution in [2.24, 2.45) is 9.98 Å². The van der Waals surface area contributed by atoms with E-state index in [1.165, 1.54) is 0 Å². The molecule has 0 atom stereocenters. The Kier molecular flexibility index (Phi) is 2.76. The van der Waals surface area contributed by atoms with Crippen LogP contribution in [0.4, 0.5) is 0 Å². The fourth-order valence-corrected chi connectivity index (χ4v) is 2.05. The van der Waals surface area contributed by atoms with Crippen LogP contribution in [0.5, 0.6) is 0 Å². The summed E-state index contributed by atoms with van der Waals surface area (Å²) in [5.74, 6) is 0.746. The van der Waals surface area contributed by atoms with Crippen molar-refractivity contribution in [1.29, 1.82) is 0 Å². The lowest BCUT2D eigenvalue weighted by molar-refractivity contribution is 0.532. The van der Waals surface area contributed by atoms with E-state index in [1.807, 2.05) is 42.8 Å². The average molecular weight is 258 g/mol. The van der Waals surface area contributed by atoms with Crippen LogP contribution in [0.1, 0.15) is 6.92 Å². The first kappa shape index (κ1) is 11.2. The van der Waals surface area contributed by atoms with Gasteiger partial charge in [-0.3, -0.25) is 0 Å². The van der Waals surface area contributed by atoms with Crippen molar-refractivity contribution in [3.63, 3.8) is 0 Å². The van der Waals surface area contributed by atoms with Gasteiger partial charge < -0.3 is 4.90 Å². The maximum absolute atomic E-state index is 5.94. The standard InChI is InChI=1S/C14H12ClN3/c1-2-18-7-5-10(6-8-18)14-16-12-4-3-11(15)9-13(12)17-14/h3-9H,2H2,1H3. The lowest BCUT2D eigenvalue weighted by Gasteiger charge is -2.15. The minimum Gasteiger partial charge on any atom is -0.354 e. The highest BCUT2D eigenvalue weighted by molar-refractivity contribution is 6.30. The second-order valence-corrected chi connectivity index (χ2v) is 4.53. The Morgan fingerprint density at radius 2 is 1.83 bits per heavy atom. The van der Waals surface area contributed by atoms with Crippen LogP contribution >= 0.6 is 11.6 Å². The zero-order chi connectivity index (χ0) is 12.5. The molecule has 0 saturated carbocycles. The molecule has 0 amide bonds. The normalized spacial score (nSPS) is 16.7. The molecule has 0 N–H and O–H groups in total. The summed E-state index contributed by atoms with van der Waals surface area (Å²) in [6, 6.07) is 5.56. The zero-order valence-electron chi connectivity index (χ0n) is 9.97. The summed E-state index contributed by atoms with van der Waals surface area (Å²) in [7, 11) is 0. The Balaban J connectivity index is 2.05. The van der Waals surface area contributed by atoms with Crippen molar-refractivity contribution in [1.82, 2.24) is 4.90 Å². The molecule has 0 saturated heterocycles. The fraction of sp³-hybridized carbons (Fsp3) is 0.143. The molecule has 0 radical (unpaired) electrons. The van der Waals surface area contributed by atoms with Crippen LogP contribution in [0.15, 0.2) is 64.1 Å². The SMILES string of the molecule is CCN1C=CC(=C2N=c3ccc(Cl)cc3=N2)C=C1. The molecule has 2 aliphatic heterocycles. The lowest BCUT2D eigenvalue weighted by atomic mass is 10.2. The third kappa shape index (κ3) is 1.97. The number of benzene rings is 1. The maximum Gasteiger partial charge on any atom is 0.160 e. The Morgan fingerprint density at radius 3 is 2.56 bits per heavy atom. The molecule has 3 nitrogen and oxygen atoms in total. The van der Waals surface area contributed by atoms with E-state index < -0.39 is 0 Å². The molecular weight excluding hydrogens is 246 g/mol. The second kappa shape index (κ2) is 4.42. The fourth-order valence-electron chi connectivity index (χ4n) is 1.88. The Morgan fingerprint density at radius 1 is 1.11 bits per heavy atom. The van der Waals surface area contributed by atoms with Crippen molar-refractivity contribution >= 4 is 11.6 Å². The summed E-state index contributed by atoms with van der Waals surface area (Å²) in [6.07, 6.45) is 8.12. The number of hydrogen-bond donors (Lipinski definition) is 0. The maximum atomic E-state index is 5.94. The molecule has 0 aromatic heterocycles. The highest BCUT2D eigenvalue weighted by atomic mass is 35.5. The number of fused-ring (bicyclic) bond motifs is 1. The monoisotopic (exact) mass is 257 g/mol. The first-order valence-electron chi connectivity index (χ1n) is 5.86. The predicted octanol–water partition coefficient (Wildman–Crippen LogP) is 2.17. The Labute approximate surface area is 110 Å². The van der Waals surface area contributed by atoms with E-state index in [0.717, 1.165) is 28.7 Å². The largest absolute Gasteiger partial charge is 0.354 e.